The van der Waals surface area contributed by atoms with Crippen LogP contribution >= 0.6 is 0 Å². The van der Waals surface area contributed by atoms with E-state index in [-0.39, 0.29) is 5.91 Å². The molecule has 4 nitrogen and oxygen atoms in total. The molecule has 0 aliphatic heterocycles. The lowest BCUT2D eigenvalue weighted by Crippen LogP contribution is -2.14. The summed E-state index contributed by atoms with van der Waals surface area (Å²) in [7, 11) is 0. The molecule has 0 aliphatic rings. The van der Waals surface area contributed by atoms with Gasteiger partial charge in [0.15, 0.2) is 0 Å². The molecule has 0 radical (unpaired) electrons. The lowest BCUT2D eigenvalue weighted by Gasteiger charge is -2.09. The minimum Gasteiger partial charge on any atom is -0.493 e. The summed E-state index contributed by atoms with van der Waals surface area (Å²) in [5.74, 6) is 0.812. The van der Waals surface area contributed by atoms with E-state index in [4.69, 9.17) is 10.5 Å². The summed E-state index contributed by atoms with van der Waals surface area (Å²) >= 11 is 0. The molecule has 2 aromatic rings. The minimum atomic E-state index is -0.0544. The highest BCUT2D eigenvalue weighted by Crippen LogP contribution is 2.18. The number of rotatable bonds is 6. The van der Waals surface area contributed by atoms with Gasteiger partial charge in [0.25, 0.3) is 0 Å². The summed E-state index contributed by atoms with van der Waals surface area (Å²) in [6.45, 7) is 2.52. The maximum absolute atomic E-state index is 11.8. The van der Waals surface area contributed by atoms with Gasteiger partial charge in [0, 0.05) is 6.42 Å². The van der Waals surface area contributed by atoms with Crippen LogP contribution in [0, 0.1) is 6.92 Å². The third-order valence-corrected chi connectivity index (χ3v) is 3.13. The Morgan fingerprint density at radius 3 is 2.62 bits per heavy atom. The van der Waals surface area contributed by atoms with Gasteiger partial charge in [0.1, 0.15) is 5.75 Å². The molecule has 21 heavy (non-hydrogen) atoms. The minimum absolute atomic E-state index is 0.0544. The van der Waals surface area contributed by atoms with Crippen LogP contribution < -0.4 is 15.8 Å². The van der Waals surface area contributed by atoms with Crippen molar-refractivity contribution in [2.24, 2.45) is 0 Å². The zero-order valence-corrected chi connectivity index (χ0v) is 12.1. The van der Waals surface area contributed by atoms with Crippen molar-refractivity contribution < 1.29 is 9.53 Å². The van der Waals surface area contributed by atoms with E-state index >= 15 is 0 Å². The fraction of sp³-hybridized carbons (Fsp3) is 0.235. The normalized spacial score (nSPS) is 10.1. The van der Waals surface area contributed by atoms with Crippen LogP contribution in [-0.4, -0.2) is 12.5 Å². The first-order valence-corrected chi connectivity index (χ1v) is 6.99. The number of carbonyl (C=O) groups is 1. The second-order valence-corrected chi connectivity index (χ2v) is 4.85. The largest absolute Gasteiger partial charge is 0.493 e. The summed E-state index contributed by atoms with van der Waals surface area (Å²) < 4.78 is 5.66. The second kappa shape index (κ2) is 7.33. The number of nitrogens with one attached hydrogen (secondary N) is 1. The van der Waals surface area contributed by atoms with E-state index in [1.54, 1.807) is 12.1 Å². The zero-order chi connectivity index (χ0) is 15.1. The molecule has 110 valence electrons. The number of benzene rings is 2. The molecule has 0 heterocycles. The van der Waals surface area contributed by atoms with Gasteiger partial charge in [-0.15, -0.1) is 0 Å². The summed E-state index contributed by atoms with van der Waals surface area (Å²) in [5.41, 5.74) is 8.10. The van der Waals surface area contributed by atoms with E-state index in [2.05, 4.69) is 5.32 Å². The first kappa shape index (κ1) is 14.9. The molecule has 0 aromatic heterocycles. The van der Waals surface area contributed by atoms with Crippen molar-refractivity contribution in [3.63, 3.8) is 0 Å². The number of nitrogen functional groups attached to an aromatic ring is 1. The molecule has 0 spiro atoms. The number of hydrogen-bond acceptors (Lipinski definition) is 3. The van der Waals surface area contributed by atoms with E-state index < -0.39 is 0 Å². The molecule has 2 rings (SSSR count). The Morgan fingerprint density at radius 1 is 1.14 bits per heavy atom. The summed E-state index contributed by atoms with van der Waals surface area (Å²) in [4.78, 5) is 11.8. The highest BCUT2D eigenvalue weighted by molar-refractivity contribution is 5.93. The Hall–Kier alpha value is -2.49. The summed E-state index contributed by atoms with van der Waals surface area (Å²) in [6.07, 6.45) is 1.06. The quantitative estimate of drug-likeness (QED) is 0.631. The number of carbonyl (C=O) groups excluding carboxylic acids is 1. The molecule has 0 aliphatic carbocycles. The first-order valence-electron chi connectivity index (χ1n) is 6.99. The summed E-state index contributed by atoms with van der Waals surface area (Å²) in [5, 5.41) is 2.80. The van der Waals surface area contributed by atoms with Crippen molar-refractivity contribution in [3.8, 4) is 5.75 Å². The second-order valence-electron chi connectivity index (χ2n) is 4.85. The predicted molar refractivity (Wildman–Crippen MR) is 85.4 cm³/mol. The average Bonchev–Trinajstić information content (AvgIpc) is 2.48. The topological polar surface area (TPSA) is 64.3 Å². The number of anilines is 2. The van der Waals surface area contributed by atoms with Gasteiger partial charge in [0.2, 0.25) is 5.91 Å². The Labute approximate surface area is 124 Å². The van der Waals surface area contributed by atoms with Crippen LogP contribution in [0.2, 0.25) is 0 Å². The van der Waals surface area contributed by atoms with Crippen LogP contribution in [0.4, 0.5) is 11.4 Å². The maximum Gasteiger partial charge on any atom is 0.224 e. The molecular weight excluding hydrogens is 264 g/mol. The van der Waals surface area contributed by atoms with Crippen LogP contribution in [0.3, 0.4) is 0 Å². The Kier molecular flexibility index (Phi) is 5.21. The monoisotopic (exact) mass is 284 g/mol. The molecule has 4 heteroatoms. The lowest BCUT2D eigenvalue weighted by atomic mass is 10.2. The fourth-order valence-corrected chi connectivity index (χ4v) is 1.96. The number of nitrogens with two attached hydrogens (primary N) is 1. The first-order chi connectivity index (χ1) is 10.2. The standard InChI is InChI=1S/C17H20N2O2/c1-13-7-2-5-10-16(13)21-12-6-11-17(20)19-15-9-4-3-8-14(15)18/h2-5,7-10H,6,11-12,18H2,1H3,(H,19,20). The van der Waals surface area contributed by atoms with Crippen LogP contribution in [-0.2, 0) is 4.79 Å². The molecule has 0 unspecified atom stereocenters. The van der Waals surface area contributed by atoms with E-state index in [9.17, 15) is 4.79 Å². The molecule has 3 N–H and O–H groups in total. The Morgan fingerprint density at radius 2 is 1.86 bits per heavy atom. The van der Waals surface area contributed by atoms with Crippen molar-refractivity contribution in [1.82, 2.24) is 0 Å². The van der Waals surface area contributed by atoms with Crippen molar-refractivity contribution in [2.45, 2.75) is 19.8 Å². The van der Waals surface area contributed by atoms with Crippen molar-refractivity contribution in [1.29, 1.82) is 0 Å². The number of hydrogen-bond donors (Lipinski definition) is 2. The van der Waals surface area contributed by atoms with Gasteiger partial charge in [-0.1, -0.05) is 30.3 Å². The van der Waals surface area contributed by atoms with E-state index in [1.807, 2.05) is 43.3 Å². The number of para-hydroxylation sites is 3. The third-order valence-electron chi connectivity index (χ3n) is 3.13. The van der Waals surface area contributed by atoms with Crippen LogP contribution in [0.5, 0.6) is 5.75 Å². The molecule has 0 bridgehead atoms. The van der Waals surface area contributed by atoms with Gasteiger partial charge in [-0.3, -0.25) is 4.79 Å². The molecule has 0 fully saturated rings. The van der Waals surface area contributed by atoms with Crippen LogP contribution in [0.15, 0.2) is 48.5 Å². The SMILES string of the molecule is Cc1ccccc1OCCCC(=O)Nc1ccccc1N. The van der Waals surface area contributed by atoms with Gasteiger partial charge >= 0.3 is 0 Å². The zero-order valence-electron chi connectivity index (χ0n) is 12.1. The molecule has 0 saturated carbocycles. The summed E-state index contributed by atoms with van der Waals surface area (Å²) in [6, 6.07) is 15.1. The van der Waals surface area contributed by atoms with Gasteiger partial charge < -0.3 is 15.8 Å². The highest BCUT2D eigenvalue weighted by Gasteiger charge is 2.05. The molecular formula is C17H20N2O2. The van der Waals surface area contributed by atoms with Crippen LogP contribution in [0.25, 0.3) is 0 Å². The third kappa shape index (κ3) is 4.53. The number of ether oxygens (including phenoxy) is 1. The van der Waals surface area contributed by atoms with Crippen molar-refractivity contribution >= 4 is 17.3 Å². The van der Waals surface area contributed by atoms with Gasteiger partial charge in [-0.25, -0.2) is 0 Å². The fourth-order valence-electron chi connectivity index (χ4n) is 1.96. The number of aryl methyl sites for hydroxylation is 1. The van der Waals surface area contributed by atoms with E-state index in [0.29, 0.717) is 30.8 Å². The average molecular weight is 284 g/mol. The predicted octanol–water partition coefficient (Wildman–Crippen LogP) is 3.37. The maximum atomic E-state index is 11.8. The van der Waals surface area contributed by atoms with E-state index in [1.165, 1.54) is 0 Å². The van der Waals surface area contributed by atoms with Crippen molar-refractivity contribution in [3.05, 3.63) is 54.1 Å². The van der Waals surface area contributed by atoms with Gasteiger partial charge in [-0.05, 0) is 37.1 Å². The molecule has 2 aromatic carbocycles. The molecule has 1 amide bonds. The number of amides is 1. The van der Waals surface area contributed by atoms with E-state index in [0.717, 1.165) is 11.3 Å². The van der Waals surface area contributed by atoms with Gasteiger partial charge in [-0.2, -0.15) is 0 Å². The Balaban J connectivity index is 1.73. The van der Waals surface area contributed by atoms with Gasteiger partial charge in [0.05, 0.1) is 18.0 Å². The highest BCUT2D eigenvalue weighted by atomic mass is 16.5. The molecule has 0 atom stereocenters. The molecule has 0 saturated heterocycles. The smallest absolute Gasteiger partial charge is 0.224 e. The Bertz CT molecular complexity index is 611. The van der Waals surface area contributed by atoms with Crippen LogP contribution in [0.1, 0.15) is 18.4 Å². The lowest BCUT2D eigenvalue weighted by molar-refractivity contribution is -0.116. The van der Waals surface area contributed by atoms with Crippen molar-refractivity contribution in [2.75, 3.05) is 17.7 Å².